The lowest BCUT2D eigenvalue weighted by molar-refractivity contribution is -0.116. The molecule has 2 rings (SSSR count). The highest BCUT2D eigenvalue weighted by Crippen LogP contribution is 2.20. The molecule has 1 aromatic rings. The fraction of sp³-hybridized carbons (Fsp3) is 0.467. The maximum atomic E-state index is 12.6. The first-order valence-electron chi connectivity index (χ1n) is 6.64. The first-order chi connectivity index (χ1) is 9.13. The standard InChI is InChI=1S/C15H20N2O2/c1-4-17(14-6-5-11(2)9-16-14)15(18)13-10-19-8-7-12(13)3/h5-6,9H,4,7-8,10H2,1-3H3. The molecule has 4 heteroatoms. The Balaban J connectivity index is 2.26. The number of amides is 1. The molecule has 0 fully saturated rings. The average Bonchev–Trinajstić information content (AvgIpc) is 2.42. The van der Waals surface area contributed by atoms with Crippen LogP contribution in [0.3, 0.4) is 0 Å². The monoisotopic (exact) mass is 260 g/mol. The first-order valence-corrected chi connectivity index (χ1v) is 6.64. The fourth-order valence-corrected chi connectivity index (χ4v) is 2.11. The van der Waals surface area contributed by atoms with Crippen molar-refractivity contribution in [3.05, 3.63) is 35.0 Å². The second-order valence-corrected chi connectivity index (χ2v) is 4.80. The molecule has 1 aliphatic rings. The van der Waals surface area contributed by atoms with Gasteiger partial charge < -0.3 is 4.74 Å². The van der Waals surface area contributed by atoms with Gasteiger partial charge >= 0.3 is 0 Å². The molecule has 1 amide bonds. The highest BCUT2D eigenvalue weighted by molar-refractivity contribution is 6.05. The third-order valence-corrected chi connectivity index (χ3v) is 3.37. The number of rotatable bonds is 3. The Morgan fingerprint density at radius 1 is 1.42 bits per heavy atom. The van der Waals surface area contributed by atoms with Crippen molar-refractivity contribution < 1.29 is 9.53 Å². The molecule has 2 heterocycles. The molecule has 0 N–H and O–H groups in total. The van der Waals surface area contributed by atoms with E-state index in [1.807, 2.05) is 32.9 Å². The summed E-state index contributed by atoms with van der Waals surface area (Å²) in [5.41, 5.74) is 2.99. The van der Waals surface area contributed by atoms with Gasteiger partial charge in [-0.15, -0.1) is 0 Å². The SMILES string of the molecule is CCN(C(=O)C1=C(C)CCOC1)c1ccc(C)cn1. The van der Waals surface area contributed by atoms with Gasteiger partial charge in [0.2, 0.25) is 0 Å². The number of nitrogens with zero attached hydrogens (tertiary/aromatic N) is 2. The van der Waals surface area contributed by atoms with Gasteiger partial charge in [-0.3, -0.25) is 9.69 Å². The van der Waals surface area contributed by atoms with Crippen LogP contribution in [0.5, 0.6) is 0 Å². The predicted octanol–water partition coefficient (Wildman–Crippen LogP) is 2.48. The lowest BCUT2D eigenvalue weighted by atomic mass is 10.0. The van der Waals surface area contributed by atoms with Crippen molar-refractivity contribution in [1.29, 1.82) is 0 Å². The van der Waals surface area contributed by atoms with Crippen LogP contribution in [-0.4, -0.2) is 30.6 Å². The van der Waals surface area contributed by atoms with E-state index in [1.165, 1.54) is 0 Å². The maximum Gasteiger partial charge on any atom is 0.257 e. The molecule has 0 spiro atoms. The molecular weight excluding hydrogens is 240 g/mol. The molecule has 19 heavy (non-hydrogen) atoms. The molecule has 4 nitrogen and oxygen atoms in total. The van der Waals surface area contributed by atoms with E-state index in [0.717, 1.165) is 23.1 Å². The molecule has 0 saturated carbocycles. The molecule has 0 radical (unpaired) electrons. The number of aromatic nitrogens is 1. The number of anilines is 1. The van der Waals surface area contributed by atoms with Crippen LogP contribution in [0.1, 0.15) is 25.8 Å². The van der Waals surface area contributed by atoms with Crippen LogP contribution in [0.15, 0.2) is 29.5 Å². The van der Waals surface area contributed by atoms with Crippen LogP contribution in [-0.2, 0) is 9.53 Å². The zero-order valence-electron chi connectivity index (χ0n) is 11.8. The zero-order chi connectivity index (χ0) is 13.8. The molecule has 0 atom stereocenters. The normalized spacial score (nSPS) is 15.5. The Morgan fingerprint density at radius 3 is 2.79 bits per heavy atom. The maximum absolute atomic E-state index is 12.6. The first kappa shape index (κ1) is 13.7. The van der Waals surface area contributed by atoms with Gasteiger partial charge in [0.25, 0.3) is 5.91 Å². The summed E-state index contributed by atoms with van der Waals surface area (Å²) in [5.74, 6) is 0.708. The van der Waals surface area contributed by atoms with Crippen molar-refractivity contribution >= 4 is 11.7 Å². The van der Waals surface area contributed by atoms with Gasteiger partial charge in [-0.25, -0.2) is 4.98 Å². The van der Waals surface area contributed by atoms with Gasteiger partial charge in [0, 0.05) is 18.3 Å². The third kappa shape index (κ3) is 3.01. The van der Waals surface area contributed by atoms with E-state index in [-0.39, 0.29) is 5.91 Å². The topological polar surface area (TPSA) is 42.4 Å². The third-order valence-electron chi connectivity index (χ3n) is 3.37. The van der Waals surface area contributed by atoms with Gasteiger partial charge in [0.05, 0.1) is 13.2 Å². The molecule has 1 aromatic heterocycles. The Hall–Kier alpha value is -1.68. The Kier molecular flexibility index (Phi) is 4.32. The largest absolute Gasteiger partial charge is 0.376 e. The second-order valence-electron chi connectivity index (χ2n) is 4.80. The lowest BCUT2D eigenvalue weighted by Crippen LogP contribution is -2.35. The molecule has 1 aliphatic heterocycles. The molecule has 0 aromatic carbocycles. The van der Waals surface area contributed by atoms with E-state index in [1.54, 1.807) is 11.1 Å². The summed E-state index contributed by atoms with van der Waals surface area (Å²) in [6.07, 6.45) is 2.61. The van der Waals surface area contributed by atoms with Crippen LogP contribution in [0.4, 0.5) is 5.82 Å². The van der Waals surface area contributed by atoms with Crippen molar-refractivity contribution in [3.8, 4) is 0 Å². The second kappa shape index (κ2) is 5.97. The minimum atomic E-state index is 0.0102. The molecule has 0 aliphatic carbocycles. The quantitative estimate of drug-likeness (QED) is 0.838. The van der Waals surface area contributed by atoms with E-state index in [4.69, 9.17) is 4.74 Å². The number of carbonyl (C=O) groups excluding carboxylic acids is 1. The highest BCUT2D eigenvalue weighted by Gasteiger charge is 2.23. The van der Waals surface area contributed by atoms with Crippen molar-refractivity contribution in [2.75, 3.05) is 24.7 Å². The van der Waals surface area contributed by atoms with Gasteiger partial charge in [-0.05, 0) is 38.8 Å². The van der Waals surface area contributed by atoms with E-state index in [9.17, 15) is 4.79 Å². The van der Waals surface area contributed by atoms with Crippen molar-refractivity contribution in [2.45, 2.75) is 27.2 Å². The number of hydrogen-bond donors (Lipinski definition) is 0. The zero-order valence-corrected chi connectivity index (χ0v) is 11.8. The van der Waals surface area contributed by atoms with Crippen LogP contribution in [0.25, 0.3) is 0 Å². The summed E-state index contributed by atoms with van der Waals surface area (Å²) >= 11 is 0. The molecule has 0 saturated heterocycles. The van der Waals surface area contributed by atoms with Crippen LogP contribution < -0.4 is 4.90 Å². The smallest absolute Gasteiger partial charge is 0.257 e. The van der Waals surface area contributed by atoms with Crippen molar-refractivity contribution in [3.63, 3.8) is 0 Å². The number of carbonyl (C=O) groups is 1. The average molecular weight is 260 g/mol. The summed E-state index contributed by atoms with van der Waals surface area (Å²) in [7, 11) is 0. The van der Waals surface area contributed by atoms with Crippen molar-refractivity contribution in [1.82, 2.24) is 4.98 Å². The van der Waals surface area contributed by atoms with E-state index >= 15 is 0 Å². The summed E-state index contributed by atoms with van der Waals surface area (Å²) in [6, 6.07) is 3.85. The number of likely N-dealkylation sites (N-methyl/N-ethyl adjacent to an activating group) is 1. The summed E-state index contributed by atoms with van der Waals surface area (Å²) in [5, 5.41) is 0. The van der Waals surface area contributed by atoms with Gasteiger partial charge in [0.1, 0.15) is 5.82 Å². The Labute approximate surface area is 114 Å². The highest BCUT2D eigenvalue weighted by atomic mass is 16.5. The lowest BCUT2D eigenvalue weighted by Gasteiger charge is -2.25. The molecule has 102 valence electrons. The van der Waals surface area contributed by atoms with Crippen LogP contribution in [0, 0.1) is 6.92 Å². The summed E-state index contributed by atoms with van der Waals surface area (Å²) in [6.45, 7) is 7.66. The van der Waals surface area contributed by atoms with Crippen molar-refractivity contribution in [2.24, 2.45) is 0 Å². The summed E-state index contributed by atoms with van der Waals surface area (Å²) in [4.78, 5) is 18.6. The Bertz CT molecular complexity index is 491. The molecule has 0 bridgehead atoms. The number of hydrogen-bond acceptors (Lipinski definition) is 3. The predicted molar refractivity (Wildman–Crippen MR) is 75.1 cm³/mol. The fourth-order valence-electron chi connectivity index (χ4n) is 2.11. The summed E-state index contributed by atoms with van der Waals surface area (Å²) < 4.78 is 5.40. The Morgan fingerprint density at radius 2 is 2.21 bits per heavy atom. The van der Waals surface area contributed by atoms with Gasteiger partial charge in [0.15, 0.2) is 0 Å². The molecular formula is C15H20N2O2. The van der Waals surface area contributed by atoms with E-state index < -0.39 is 0 Å². The number of ether oxygens (including phenoxy) is 1. The molecule has 0 unspecified atom stereocenters. The van der Waals surface area contributed by atoms with E-state index in [2.05, 4.69) is 4.98 Å². The van der Waals surface area contributed by atoms with Crippen LogP contribution >= 0.6 is 0 Å². The minimum Gasteiger partial charge on any atom is -0.376 e. The number of aryl methyl sites for hydroxylation is 1. The van der Waals surface area contributed by atoms with Crippen LogP contribution in [0.2, 0.25) is 0 Å². The van der Waals surface area contributed by atoms with Gasteiger partial charge in [-0.1, -0.05) is 11.6 Å². The van der Waals surface area contributed by atoms with Gasteiger partial charge in [-0.2, -0.15) is 0 Å². The minimum absolute atomic E-state index is 0.0102. The van der Waals surface area contributed by atoms with E-state index in [0.29, 0.717) is 25.6 Å². The number of pyridine rings is 1.